The van der Waals surface area contributed by atoms with Gasteiger partial charge in [-0.15, -0.1) is 0 Å². The minimum Gasteiger partial charge on any atom is -0.381 e. The van der Waals surface area contributed by atoms with Crippen molar-refractivity contribution in [1.29, 1.82) is 0 Å². The van der Waals surface area contributed by atoms with Gasteiger partial charge in [0.2, 0.25) is 0 Å². The number of halogens is 1. The Morgan fingerprint density at radius 1 is 1.38 bits per heavy atom. The molecule has 1 heterocycles. The number of ether oxygens (including phenoxy) is 1. The summed E-state index contributed by atoms with van der Waals surface area (Å²) in [6.45, 7) is 1.66. The second-order valence-corrected chi connectivity index (χ2v) is 8.35. The van der Waals surface area contributed by atoms with Crippen LogP contribution in [0.2, 0.25) is 0 Å². The molecule has 96 valence electrons. The van der Waals surface area contributed by atoms with E-state index in [4.69, 9.17) is 4.74 Å². The first-order valence-corrected chi connectivity index (χ1v) is 9.70. The number of rotatable bonds is 6. The lowest BCUT2D eigenvalue weighted by Crippen LogP contribution is -2.33. The van der Waals surface area contributed by atoms with E-state index in [1.807, 2.05) is 0 Å². The second kappa shape index (κ2) is 6.61. The van der Waals surface area contributed by atoms with Gasteiger partial charge in [-0.3, -0.25) is 0 Å². The standard InChI is InChI=1S/C10H19BrO3S2/c1-16(12,13)7-6-15-9-10(8-11)2-4-14-5-3-10/h2-9H2,1H3. The quantitative estimate of drug-likeness (QED) is 0.551. The van der Waals surface area contributed by atoms with Crippen molar-refractivity contribution >= 4 is 37.5 Å². The smallest absolute Gasteiger partial charge is 0.148 e. The Labute approximate surface area is 111 Å². The van der Waals surface area contributed by atoms with Crippen LogP contribution in [0.15, 0.2) is 0 Å². The van der Waals surface area contributed by atoms with E-state index in [1.54, 1.807) is 11.8 Å². The van der Waals surface area contributed by atoms with Crippen molar-refractivity contribution in [3.8, 4) is 0 Å². The van der Waals surface area contributed by atoms with E-state index in [1.165, 1.54) is 6.26 Å². The van der Waals surface area contributed by atoms with Crippen molar-refractivity contribution in [2.45, 2.75) is 12.8 Å². The molecule has 6 heteroatoms. The third-order valence-electron chi connectivity index (χ3n) is 2.84. The maximum absolute atomic E-state index is 11.0. The summed E-state index contributed by atoms with van der Waals surface area (Å²) in [7, 11) is -2.81. The molecule has 0 aromatic carbocycles. The van der Waals surface area contributed by atoms with Gasteiger partial charge in [-0.1, -0.05) is 15.9 Å². The molecule has 1 aliphatic rings. The summed E-state index contributed by atoms with van der Waals surface area (Å²) in [4.78, 5) is 0. The van der Waals surface area contributed by atoms with Crippen molar-refractivity contribution in [3.05, 3.63) is 0 Å². The van der Waals surface area contributed by atoms with Gasteiger partial charge in [-0.25, -0.2) is 8.42 Å². The average molecular weight is 331 g/mol. The molecule has 0 aromatic rings. The van der Waals surface area contributed by atoms with E-state index in [0.717, 1.165) is 37.1 Å². The molecule has 0 unspecified atom stereocenters. The maximum atomic E-state index is 11.0. The zero-order valence-corrected chi connectivity index (χ0v) is 12.8. The molecular weight excluding hydrogens is 312 g/mol. The van der Waals surface area contributed by atoms with Crippen LogP contribution in [0.25, 0.3) is 0 Å². The monoisotopic (exact) mass is 330 g/mol. The van der Waals surface area contributed by atoms with E-state index in [2.05, 4.69) is 15.9 Å². The molecule has 0 atom stereocenters. The Bertz CT molecular complexity index is 297. The largest absolute Gasteiger partial charge is 0.381 e. The van der Waals surface area contributed by atoms with Gasteiger partial charge in [-0.2, -0.15) is 11.8 Å². The molecule has 16 heavy (non-hydrogen) atoms. The molecule has 0 saturated carbocycles. The summed E-state index contributed by atoms with van der Waals surface area (Å²) in [6.07, 6.45) is 3.44. The summed E-state index contributed by atoms with van der Waals surface area (Å²) in [5.74, 6) is 2.01. The molecule has 3 nitrogen and oxygen atoms in total. The van der Waals surface area contributed by atoms with Crippen LogP contribution in [0.5, 0.6) is 0 Å². The number of sulfone groups is 1. The predicted molar refractivity (Wildman–Crippen MR) is 73.3 cm³/mol. The van der Waals surface area contributed by atoms with E-state index < -0.39 is 9.84 Å². The van der Waals surface area contributed by atoms with Crippen LogP contribution in [0, 0.1) is 5.41 Å². The number of alkyl halides is 1. The van der Waals surface area contributed by atoms with E-state index >= 15 is 0 Å². The van der Waals surface area contributed by atoms with Gasteiger partial charge in [0.15, 0.2) is 0 Å². The highest BCUT2D eigenvalue weighted by atomic mass is 79.9. The third kappa shape index (κ3) is 5.38. The second-order valence-electron chi connectivity index (χ2n) is 4.43. The summed E-state index contributed by atoms with van der Waals surface area (Å²) in [6, 6.07) is 0. The number of hydrogen-bond donors (Lipinski definition) is 0. The van der Waals surface area contributed by atoms with Crippen molar-refractivity contribution < 1.29 is 13.2 Å². The summed E-state index contributed by atoms with van der Waals surface area (Å²) in [5, 5.41) is 0.981. The molecule has 0 spiro atoms. The van der Waals surface area contributed by atoms with Crippen molar-refractivity contribution in [2.75, 3.05) is 42.1 Å². The summed E-state index contributed by atoms with van der Waals surface area (Å²) < 4.78 is 27.3. The number of thioether (sulfide) groups is 1. The Morgan fingerprint density at radius 3 is 2.50 bits per heavy atom. The third-order valence-corrected chi connectivity index (χ3v) is 6.55. The molecule has 0 aliphatic carbocycles. The van der Waals surface area contributed by atoms with Gasteiger partial charge in [0, 0.05) is 30.6 Å². The molecule has 0 amide bonds. The molecule has 1 fully saturated rings. The zero-order valence-electron chi connectivity index (χ0n) is 9.58. The lowest BCUT2D eigenvalue weighted by atomic mass is 9.85. The zero-order chi connectivity index (χ0) is 12.1. The fraction of sp³-hybridized carbons (Fsp3) is 1.00. The highest BCUT2D eigenvalue weighted by Gasteiger charge is 2.31. The Balaban J connectivity index is 2.28. The van der Waals surface area contributed by atoms with Crippen LogP contribution in [-0.2, 0) is 14.6 Å². The fourth-order valence-electron chi connectivity index (χ4n) is 1.62. The first-order valence-electron chi connectivity index (χ1n) is 5.37. The number of hydrogen-bond acceptors (Lipinski definition) is 4. The van der Waals surface area contributed by atoms with Crippen molar-refractivity contribution in [1.82, 2.24) is 0 Å². The van der Waals surface area contributed by atoms with Crippen molar-refractivity contribution in [3.63, 3.8) is 0 Å². The molecule has 1 saturated heterocycles. The van der Waals surface area contributed by atoms with E-state index in [-0.39, 0.29) is 5.75 Å². The molecule has 1 rings (SSSR count). The normalized spacial score (nSPS) is 20.9. The topological polar surface area (TPSA) is 43.4 Å². The minimum atomic E-state index is -2.81. The first kappa shape index (κ1) is 14.8. The summed E-state index contributed by atoms with van der Waals surface area (Å²) in [5.41, 5.74) is 0.306. The van der Waals surface area contributed by atoms with Gasteiger partial charge in [0.25, 0.3) is 0 Å². The summed E-state index contributed by atoms with van der Waals surface area (Å²) >= 11 is 5.32. The fourth-order valence-corrected chi connectivity index (χ4v) is 5.29. The van der Waals surface area contributed by atoms with Crippen LogP contribution in [0.1, 0.15) is 12.8 Å². The Kier molecular flexibility index (Phi) is 6.12. The van der Waals surface area contributed by atoms with Crippen LogP contribution in [-0.4, -0.2) is 50.5 Å². The minimum absolute atomic E-state index is 0.284. The van der Waals surface area contributed by atoms with Gasteiger partial charge in [0.1, 0.15) is 9.84 Å². The molecule has 0 N–H and O–H groups in total. The van der Waals surface area contributed by atoms with Crippen LogP contribution in [0.4, 0.5) is 0 Å². The first-order chi connectivity index (χ1) is 7.47. The van der Waals surface area contributed by atoms with E-state index in [0.29, 0.717) is 11.2 Å². The molecular formula is C10H19BrO3S2. The van der Waals surface area contributed by atoms with E-state index in [9.17, 15) is 8.42 Å². The van der Waals surface area contributed by atoms with Crippen LogP contribution in [0.3, 0.4) is 0 Å². The molecule has 0 aromatic heterocycles. The van der Waals surface area contributed by atoms with Crippen LogP contribution >= 0.6 is 27.7 Å². The highest BCUT2D eigenvalue weighted by molar-refractivity contribution is 9.09. The van der Waals surface area contributed by atoms with Gasteiger partial charge < -0.3 is 4.74 Å². The SMILES string of the molecule is CS(=O)(=O)CCSCC1(CBr)CCOCC1. The Morgan fingerprint density at radius 2 is 2.00 bits per heavy atom. The average Bonchev–Trinajstić information content (AvgIpc) is 2.25. The molecule has 0 bridgehead atoms. The molecule has 1 aliphatic heterocycles. The molecule has 0 radical (unpaired) electrons. The van der Waals surface area contributed by atoms with Crippen molar-refractivity contribution in [2.24, 2.45) is 5.41 Å². The predicted octanol–water partition coefficient (Wildman–Crippen LogP) is 1.96. The lowest BCUT2D eigenvalue weighted by Gasteiger charge is -2.35. The Hall–Kier alpha value is 0.740. The van der Waals surface area contributed by atoms with Gasteiger partial charge >= 0.3 is 0 Å². The highest BCUT2D eigenvalue weighted by Crippen LogP contribution is 2.35. The van der Waals surface area contributed by atoms with Gasteiger partial charge in [0.05, 0.1) is 5.75 Å². The maximum Gasteiger partial charge on any atom is 0.148 e. The lowest BCUT2D eigenvalue weighted by molar-refractivity contribution is 0.0374. The van der Waals surface area contributed by atoms with Gasteiger partial charge in [-0.05, 0) is 24.0 Å². The van der Waals surface area contributed by atoms with Crippen LogP contribution < -0.4 is 0 Å².